The molecule has 156 valence electrons. The highest BCUT2D eigenvalue weighted by atomic mass is 19.1. The molecule has 29 heavy (non-hydrogen) atoms. The smallest absolute Gasteiger partial charge is 0.165 e. The van der Waals surface area contributed by atoms with Gasteiger partial charge >= 0.3 is 0 Å². The molecule has 5 heteroatoms. The van der Waals surface area contributed by atoms with Crippen molar-refractivity contribution in [1.82, 2.24) is 14.7 Å². The molecule has 0 N–H and O–H groups in total. The Morgan fingerprint density at radius 1 is 0.724 bits per heavy atom. The van der Waals surface area contributed by atoms with Crippen molar-refractivity contribution in [2.24, 2.45) is 0 Å². The van der Waals surface area contributed by atoms with Crippen LogP contribution in [-0.4, -0.2) is 73.2 Å². The van der Waals surface area contributed by atoms with Crippen LogP contribution in [0.2, 0.25) is 0 Å². The van der Waals surface area contributed by atoms with Gasteiger partial charge in [-0.3, -0.25) is 9.80 Å². The average molecular weight is 398 g/mol. The highest BCUT2D eigenvalue weighted by Crippen LogP contribution is 2.21. The van der Waals surface area contributed by atoms with Crippen molar-refractivity contribution in [2.45, 2.75) is 25.5 Å². The summed E-state index contributed by atoms with van der Waals surface area (Å²) in [6.45, 7) is 9.98. The predicted octanol–water partition coefficient (Wildman–Crippen LogP) is 3.49. The Labute approximate surface area is 173 Å². The van der Waals surface area contributed by atoms with E-state index in [1.807, 2.05) is 6.07 Å². The summed E-state index contributed by atoms with van der Waals surface area (Å²) in [6.07, 6.45) is 2.07. The number of hydrogen-bond acceptors (Lipinski definition) is 4. The van der Waals surface area contributed by atoms with Gasteiger partial charge in [-0.1, -0.05) is 42.5 Å². The lowest BCUT2D eigenvalue weighted by atomic mass is 10.1. The molecule has 0 unspecified atom stereocenters. The number of piperidine rings is 1. The van der Waals surface area contributed by atoms with E-state index in [4.69, 9.17) is 4.74 Å². The zero-order valence-corrected chi connectivity index (χ0v) is 17.2. The third kappa shape index (κ3) is 6.01. The van der Waals surface area contributed by atoms with Gasteiger partial charge < -0.3 is 9.64 Å². The zero-order valence-electron chi connectivity index (χ0n) is 17.2. The van der Waals surface area contributed by atoms with E-state index in [0.29, 0.717) is 5.75 Å². The van der Waals surface area contributed by atoms with E-state index < -0.39 is 0 Å². The lowest BCUT2D eigenvalue weighted by molar-refractivity contribution is 0.0781. The number of halogens is 1. The molecule has 4 rings (SSSR count). The quantitative estimate of drug-likeness (QED) is 0.712. The molecule has 2 fully saturated rings. The molecule has 0 saturated carbocycles. The second-order valence-electron chi connectivity index (χ2n) is 8.19. The zero-order chi connectivity index (χ0) is 19.9. The maximum Gasteiger partial charge on any atom is 0.165 e. The molecule has 0 aliphatic carbocycles. The lowest BCUT2D eigenvalue weighted by Crippen LogP contribution is -2.49. The van der Waals surface area contributed by atoms with Crippen molar-refractivity contribution in [2.75, 3.05) is 52.4 Å². The summed E-state index contributed by atoms with van der Waals surface area (Å²) in [5.74, 6) is 0.126. The van der Waals surface area contributed by atoms with Crippen molar-refractivity contribution in [1.29, 1.82) is 0 Å². The van der Waals surface area contributed by atoms with Crippen molar-refractivity contribution in [3.05, 3.63) is 66.0 Å². The summed E-state index contributed by atoms with van der Waals surface area (Å²) in [6, 6.07) is 17.5. The minimum Gasteiger partial charge on any atom is -0.487 e. The van der Waals surface area contributed by atoms with Crippen LogP contribution in [0.25, 0.3) is 0 Å². The maximum absolute atomic E-state index is 13.8. The van der Waals surface area contributed by atoms with Crippen molar-refractivity contribution >= 4 is 0 Å². The number of likely N-dealkylation sites (tertiary alicyclic amines) is 1. The first-order chi connectivity index (χ1) is 14.3. The lowest BCUT2D eigenvalue weighted by Gasteiger charge is -2.37. The van der Waals surface area contributed by atoms with Crippen LogP contribution in [0.4, 0.5) is 4.39 Å². The van der Waals surface area contributed by atoms with Gasteiger partial charge in [-0.05, 0) is 30.5 Å². The average Bonchev–Trinajstić information content (AvgIpc) is 2.77. The molecule has 2 heterocycles. The molecule has 0 spiro atoms. The van der Waals surface area contributed by atoms with E-state index in [1.54, 1.807) is 12.1 Å². The highest BCUT2D eigenvalue weighted by Gasteiger charge is 2.23. The van der Waals surface area contributed by atoms with E-state index in [2.05, 4.69) is 45.0 Å². The third-order valence-corrected chi connectivity index (χ3v) is 6.11. The van der Waals surface area contributed by atoms with Gasteiger partial charge in [0.15, 0.2) is 11.6 Å². The molecule has 2 aliphatic heterocycles. The first-order valence-electron chi connectivity index (χ1n) is 10.9. The van der Waals surface area contributed by atoms with Gasteiger partial charge in [0.25, 0.3) is 0 Å². The first-order valence-corrected chi connectivity index (χ1v) is 10.9. The summed E-state index contributed by atoms with van der Waals surface area (Å²) >= 11 is 0. The Kier molecular flexibility index (Phi) is 7.14. The van der Waals surface area contributed by atoms with Gasteiger partial charge in [-0.25, -0.2) is 4.39 Å². The molecule has 2 aromatic carbocycles. The number of ether oxygens (including phenoxy) is 1. The summed E-state index contributed by atoms with van der Waals surface area (Å²) < 4.78 is 19.6. The van der Waals surface area contributed by atoms with E-state index in [9.17, 15) is 4.39 Å². The van der Waals surface area contributed by atoms with E-state index in [0.717, 1.165) is 71.7 Å². The summed E-state index contributed by atoms with van der Waals surface area (Å²) in [5, 5.41) is 0. The molecule has 2 aromatic rings. The fourth-order valence-electron chi connectivity index (χ4n) is 4.27. The Hall–Kier alpha value is -1.95. The van der Waals surface area contributed by atoms with Gasteiger partial charge in [-0.2, -0.15) is 0 Å². The van der Waals surface area contributed by atoms with Gasteiger partial charge in [0.1, 0.15) is 6.10 Å². The van der Waals surface area contributed by atoms with Crippen LogP contribution in [0.3, 0.4) is 0 Å². The molecule has 0 amide bonds. The van der Waals surface area contributed by atoms with Gasteiger partial charge in [0, 0.05) is 58.9 Å². The topological polar surface area (TPSA) is 19.0 Å². The Balaban J connectivity index is 1.12. The number of hydrogen-bond donors (Lipinski definition) is 0. The normalized spacial score (nSPS) is 20.0. The Bertz CT molecular complexity index is 741. The minimum absolute atomic E-state index is 0.129. The molecule has 0 radical (unpaired) electrons. The van der Waals surface area contributed by atoms with E-state index >= 15 is 0 Å². The molecule has 2 saturated heterocycles. The van der Waals surface area contributed by atoms with Gasteiger partial charge in [-0.15, -0.1) is 0 Å². The monoisotopic (exact) mass is 397 g/mol. The molecular weight excluding hydrogens is 365 g/mol. The van der Waals surface area contributed by atoms with Crippen molar-refractivity contribution in [3.63, 3.8) is 0 Å². The summed E-state index contributed by atoms with van der Waals surface area (Å²) in [7, 11) is 0. The van der Waals surface area contributed by atoms with Crippen LogP contribution in [-0.2, 0) is 6.54 Å². The largest absolute Gasteiger partial charge is 0.487 e. The molecule has 0 aromatic heterocycles. The molecule has 2 aliphatic rings. The standard InChI is InChI=1S/C24H32FN3O/c25-23-8-4-5-9-24(23)29-22-10-12-26(13-11-22)14-15-27-16-18-28(19-17-27)20-21-6-2-1-3-7-21/h1-9,22H,10-20H2. The molecule has 0 bridgehead atoms. The second kappa shape index (κ2) is 10.2. The number of nitrogens with zero attached hydrogens (tertiary/aromatic N) is 3. The third-order valence-electron chi connectivity index (χ3n) is 6.11. The minimum atomic E-state index is -0.263. The van der Waals surface area contributed by atoms with Crippen LogP contribution in [0.5, 0.6) is 5.75 Å². The first kappa shape index (κ1) is 20.3. The van der Waals surface area contributed by atoms with Crippen molar-refractivity contribution in [3.8, 4) is 5.75 Å². The van der Waals surface area contributed by atoms with Crippen LogP contribution >= 0.6 is 0 Å². The van der Waals surface area contributed by atoms with Gasteiger partial charge in [0.05, 0.1) is 0 Å². The van der Waals surface area contributed by atoms with Crippen LogP contribution < -0.4 is 4.74 Å². The highest BCUT2D eigenvalue weighted by molar-refractivity contribution is 5.24. The summed E-state index contributed by atoms with van der Waals surface area (Å²) in [5.41, 5.74) is 1.40. The van der Waals surface area contributed by atoms with Crippen molar-refractivity contribution < 1.29 is 9.13 Å². The predicted molar refractivity (Wildman–Crippen MR) is 115 cm³/mol. The number of para-hydroxylation sites is 1. The van der Waals surface area contributed by atoms with Crippen LogP contribution in [0, 0.1) is 5.82 Å². The SMILES string of the molecule is Fc1ccccc1OC1CCN(CCN2CCN(Cc3ccccc3)CC2)CC1. The molecule has 4 nitrogen and oxygen atoms in total. The Morgan fingerprint density at radius 2 is 1.31 bits per heavy atom. The van der Waals surface area contributed by atoms with Crippen LogP contribution in [0.15, 0.2) is 54.6 Å². The fraction of sp³-hybridized carbons (Fsp3) is 0.500. The van der Waals surface area contributed by atoms with E-state index in [-0.39, 0.29) is 11.9 Å². The van der Waals surface area contributed by atoms with Crippen LogP contribution in [0.1, 0.15) is 18.4 Å². The van der Waals surface area contributed by atoms with E-state index in [1.165, 1.54) is 11.6 Å². The fourth-order valence-corrected chi connectivity index (χ4v) is 4.27. The molecular formula is C24H32FN3O. The number of rotatable bonds is 7. The molecule has 0 atom stereocenters. The summed E-state index contributed by atoms with van der Waals surface area (Å²) in [4.78, 5) is 7.67. The number of piperazine rings is 1. The second-order valence-corrected chi connectivity index (χ2v) is 8.19. The van der Waals surface area contributed by atoms with Gasteiger partial charge in [0.2, 0.25) is 0 Å². The number of benzene rings is 2. The maximum atomic E-state index is 13.8. The Morgan fingerprint density at radius 3 is 2.00 bits per heavy atom.